The van der Waals surface area contributed by atoms with Crippen LogP contribution in [0.15, 0.2) is 60.8 Å². The summed E-state index contributed by atoms with van der Waals surface area (Å²) in [4.78, 5) is 31.5. The lowest BCUT2D eigenvalue weighted by molar-refractivity contribution is -0.205. The molecule has 10 heteroatoms. The quantitative estimate of drug-likeness (QED) is 0.445. The van der Waals surface area contributed by atoms with Crippen molar-refractivity contribution in [2.75, 3.05) is 23.4 Å². The summed E-state index contributed by atoms with van der Waals surface area (Å²) in [6.07, 6.45) is 2.46. The van der Waals surface area contributed by atoms with E-state index in [1.807, 2.05) is 12.1 Å². The van der Waals surface area contributed by atoms with E-state index in [1.165, 1.54) is 30.5 Å². The number of pyridine rings is 1. The minimum absolute atomic E-state index is 0.0113. The highest BCUT2D eigenvalue weighted by Gasteiger charge is 2.56. The van der Waals surface area contributed by atoms with Gasteiger partial charge in [0.25, 0.3) is 17.7 Å². The number of hydrogen-bond acceptors (Lipinski definition) is 5. The van der Waals surface area contributed by atoms with Crippen molar-refractivity contribution in [3.05, 3.63) is 88.1 Å². The molecule has 3 N–H and O–H groups in total. The number of amides is 2. The average Bonchev–Trinajstić information content (AvgIpc) is 3.74. The Morgan fingerprint density at radius 3 is 2.57 bits per heavy atom. The van der Waals surface area contributed by atoms with Crippen LogP contribution >= 0.6 is 11.6 Å². The molecule has 1 atom stereocenters. The summed E-state index contributed by atoms with van der Waals surface area (Å²) in [5.41, 5.74) is -1.59. The number of rotatable bonds is 5. The zero-order valence-corrected chi connectivity index (χ0v) is 20.4. The molecule has 1 aliphatic heterocycles. The summed E-state index contributed by atoms with van der Waals surface area (Å²) in [7, 11) is 0. The van der Waals surface area contributed by atoms with Gasteiger partial charge in [-0.1, -0.05) is 29.8 Å². The molecule has 2 aromatic carbocycles. The Hall–Kier alpha value is -3.40. The number of hydrogen-bond donors (Lipinski definition) is 3. The van der Waals surface area contributed by atoms with Crippen LogP contribution in [0, 0.1) is 0 Å². The molecule has 1 aliphatic carbocycles. The monoisotopic (exact) mass is 527 g/mol. The minimum Gasteiger partial charge on any atom is -0.393 e. The van der Waals surface area contributed by atoms with Crippen molar-refractivity contribution in [2.24, 2.45) is 0 Å². The van der Waals surface area contributed by atoms with E-state index in [9.17, 15) is 28.6 Å². The Morgan fingerprint density at radius 2 is 1.89 bits per heavy atom. The predicted octanol–water partition coefficient (Wildman–Crippen LogP) is 4.73. The van der Waals surface area contributed by atoms with E-state index in [1.54, 1.807) is 12.1 Å². The van der Waals surface area contributed by atoms with Crippen LogP contribution in [0.3, 0.4) is 0 Å². The van der Waals surface area contributed by atoms with Gasteiger partial charge in [0.05, 0.1) is 17.9 Å². The van der Waals surface area contributed by atoms with Crippen molar-refractivity contribution in [1.29, 1.82) is 0 Å². The third kappa shape index (κ3) is 4.58. The maximum Gasteiger partial charge on any atom is 0.284 e. The molecule has 3 aromatic rings. The van der Waals surface area contributed by atoms with Crippen molar-refractivity contribution >= 4 is 34.9 Å². The van der Waals surface area contributed by atoms with Crippen LogP contribution in [0.1, 0.15) is 57.0 Å². The lowest BCUT2D eigenvalue weighted by Gasteiger charge is -2.33. The van der Waals surface area contributed by atoms with Crippen LogP contribution in [-0.4, -0.2) is 46.1 Å². The van der Waals surface area contributed by atoms with Crippen molar-refractivity contribution < 1.29 is 28.6 Å². The first kappa shape index (κ1) is 25.3. The Bertz CT molecular complexity index is 1360. The number of benzene rings is 2. The van der Waals surface area contributed by atoms with Gasteiger partial charge in [-0.3, -0.25) is 9.59 Å². The van der Waals surface area contributed by atoms with Gasteiger partial charge in [0.1, 0.15) is 5.82 Å². The highest BCUT2D eigenvalue weighted by atomic mass is 35.5. The van der Waals surface area contributed by atoms with Crippen LogP contribution in [0.4, 0.5) is 20.3 Å². The van der Waals surface area contributed by atoms with Gasteiger partial charge in [0.15, 0.2) is 5.60 Å². The predicted molar refractivity (Wildman–Crippen MR) is 134 cm³/mol. The van der Waals surface area contributed by atoms with Gasteiger partial charge < -0.3 is 20.4 Å². The molecule has 2 amide bonds. The van der Waals surface area contributed by atoms with Gasteiger partial charge >= 0.3 is 0 Å². The minimum atomic E-state index is -3.72. The number of alkyl halides is 2. The molecule has 0 bridgehead atoms. The smallest absolute Gasteiger partial charge is 0.284 e. The van der Waals surface area contributed by atoms with Crippen molar-refractivity contribution in [3.8, 4) is 0 Å². The number of nitrogens with one attached hydrogen (secondary N) is 1. The molecule has 2 heterocycles. The molecule has 0 unspecified atom stereocenters. The van der Waals surface area contributed by atoms with Gasteiger partial charge in [-0.2, -0.15) is 0 Å². The maximum absolute atomic E-state index is 14.9. The second-order valence-corrected chi connectivity index (χ2v) is 9.78. The first-order valence-corrected chi connectivity index (χ1v) is 12.2. The number of carbonyl (C=O) groups is 2. The van der Waals surface area contributed by atoms with Crippen LogP contribution in [0.5, 0.6) is 0 Å². The number of aliphatic hydroxyl groups is 2. The van der Waals surface area contributed by atoms with Crippen molar-refractivity contribution in [2.45, 2.75) is 36.7 Å². The molecule has 1 saturated carbocycles. The molecule has 192 valence electrons. The molecule has 1 aromatic heterocycles. The summed E-state index contributed by atoms with van der Waals surface area (Å²) in [6, 6.07) is 14.2. The molecule has 1 fully saturated rings. The topological polar surface area (TPSA) is 103 Å². The highest BCUT2D eigenvalue weighted by Crippen LogP contribution is 2.47. The lowest BCUT2D eigenvalue weighted by Crippen LogP contribution is -2.48. The van der Waals surface area contributed by atoms with E-state index < -0.39 is 37.0 Å². The molecule has 0 spiro atoms. The molecule has 37 heavy (non-hydrogen) atoms. The summed E-state index contributed by atoms with van der Waals surface area (Å²) < 4.78 is 29.8. The van der Waals surface area contributed by atoms with Gasteiger partial charge in [-0.25, -0.2) is 13.8 Å². The summed E-state index contributed by atoms with van der Waals surface area (Å²) in [6.45, 7) is -1.67. The Morgan fingerprint density at radius 1 is 1.14 bits per heavy atom. The third-order valence-electron chi connectivity index (χ3n) is 6.90. The number of nitrogens with zero attached hydrogens (tertiary/aromatic N) is 2. The van der Waals surface area contributed by atoms with E-state index in [2.05, 4.69) is 10.3 Å². The molecular weight excluding hydrogens is 504 g/mol. The van der Waals surface area contributed by atoms with E-state index in [-0.39, 0.29) is 33.6 Å². The van der Waals surface area contributed by atoms with Crippen LogP contribution in [-0.2, 0) is 5.60 Å². The standard InChI is InChI=1S/C27H24ClF2N3O4/c28-18-8-9-22-21(13-18)26(37,15-34)27(29,30)11-12-33(22)25(36)17-7-10-23(31-14-17)32-24(35)20-4-2-1-3-19(20)16-5-6-16/h1-4,7-10,13-14,16,34,37H,5-6,11-12,15H2,(H,31,32,35)/t26-/m0/s1. The number of aromatic nitrogens is 1. The fourth-order valence-corrected chi connectivity index (χ4v) is 4.82. The molecule has 0 radical (unpaired) electrons. The number of fused-ring (bicyclic) bond motifs is 1. The molecule has 5 rings (SSSR count). The first-order valence-electron chi connectivity index (χ1n) is 11.8. The second kappa shape index (κ2) is 9.48. The highest BCUT2D eigenvalue weighted by molar-refractivity contribution is 6.30. The Labute approximate surface area is 216 Å². The normalized spacial score (nSPS) is 20.6. The fourth-order valence-electron chi connectivity index (χ4n) is 4.65. The van der Waals surface area contributed by atoms with E-state index in [0.717, 1.165) is 29.4 Å². The Kier molecular flexibility index (Phi) is 6.47. The molecule has 7 nitrogen and oxygen atoms in total. The van der Waals surface area contributed by atoms with Crippen LogP contribution < -0.4 is 10.2 Å². The average molecular weight is 528 g/mol. The lowest BCUT2D eigenvalue weighted by atomic mass is 9.86. The third-order valence-corrected chi connectivity index (χ3v) is 7.13. The molecule has 2 aliphatic rings. The number of carbonyl (C=O) groups excluding carboxylic acids is 2. The molecule has 0 saturated heterocycles. The number of anilines is 2. The van der Waals surface area contributed by atoms with Crippen molar-refractivity contribution in [1.82, 2.24) is 4.98 Å². The SMILES string of the molecule is O=C(Nc1ccc(C(=O)N2CCC(F)(F)[C@](O)(CO)c3cc(Cl)ccc32)cn1)c1ccccc1C1CC1. The zero-order chi connectivity index (χ0) is 26.4. The summed E-state index contributed by atoms with van der Waals surface area (Å²) in [5, 5.41) is 23.3. The number of halogens is 3. The summed E-state index contributed by atoms with van der Waals surface area (Å²) in [5.74, 6) is -4.04. The second-order valence-electron chi connectivity index (χ2n) is 9.34. The van der Waals surface area contributed by atoms with Gasteiger partial charge in [0.2, 0.25) is 0 Å². The van der Waals surface area contributed by atoms with E-state index in [4.69, 9.17) is 11.6 Å². The van der Waals surface area contributed by atoms with Gasteiger partial charge in [-0.15, -0.1) is 0 Å². The molecular formula is C27H24ClF2N3O4. The van der Waals surface area contributed by atoms with Gasteiger partial charge in [0, 0.05) is 35.3 Å². The van der Waals surface area contributed by atoms with E-state index >= 15 is 0 Å². The number of aliphatic hydroxyl groups excluding tert-OH is 1. The largest absolute Gasteiger partial charge is 0.393 e. The first-order chi connectivity index (χ1) is 17.6. The fraction of sp³-hybridized carbons (Fsp3) is 0.296. The van der Waals surface area contributed by atoms with Crippen LogP contribution in [0.2, 0.25) is 5.02 Å². The van der Waals surface area contributed by atoms with Crippen molar-refractivity contribution in [3.63, 3.8) is 0 Å². The zero-order valence-electron chi connectivity index (χ0n) is 19.6. The van der Waals surface area contributed by atoms with Gasteiger partial charge in [-0.05, 0) is 60.7 Å². The maximum atomic E-state index is 14.9. The summed E-state index contributed by atoms with van der Waals surface area (Å²) >= 11 is 6.00. The van der Waals surface area contributed by atoms with Crippen LogP contribution in [0.25, 0.3) is 0 Å². The Balaban J connectivity index is 1.40. The van der Waals surface area contributed by atoms with E-state index in [0.29, 0.717) is 11.5 Å².